The van der Waals surface area contributed by atoms with Crippen LogP contribution in [0.2, 0.25) is 0 Å². The normalized spacial score (nSPS) is 27.0. The second-order valence-corrected chi connectivity index (χ2v) is 6.62. The van der Waals surface area contributed by atoms with Gasteiger partial charge in [-0.15, -0.1) is 0 Å². The van der Waals surface area contributed by atoms with Crippen LogP contribution in [-0.4, -0.2) is 48.9 Å². The Morgan fingerprint density at radius 3 is 2.24 bits per heavy atom. The SMILES string of the molecule is CC(C)NC(=O)C[NH+](C)CN1C(=O)[C@H]2CCCC[C@@H]2C1=O. The van der Waals surface area contributed by atoms with E-state index in [2.05, 4.69) is 5.32 Å². The van der Waals surface area contributed by atoms with Crippen molar-refractivity contribution in [2.45, 2.75) is 45.6 Å². The lowest BCUT2D eigenvalue weighted by Gasteiger charge is -2.20. The molecule has 0 aromatic rings. The second kappa shape index (κ2) is 6.56. The summed E-state index contributed by atoms with van der Waals surface area (Å²) in [7, 11) is 1.84. The molecule has 0 spiro atoms. The standard InChI is InChI=1S/C15H25N3O3/c1-10(2)16-13(19)8-17(3)9-18-14(20)11-6-4-5-7-12(11)15(18)21/h10-12H,4-9H2,1-3H3,(H,16,19)/p+1/t11-,12-/m0/s1. The first-order chi connectivity index (χ1) is 9.90. The fourth-order valence-electron chi connectivity index (χ4n) is 3.36. The highest BCUT2D eigenvalue weighted by atomic mass is 16.2. The van der Waals surface area contributed by atoms with Crippen molar-refractivity contribution in [3.8, 4) is 0 Å². The van der Waals surface area contributed by atoms with E-state index in [0.29, 0.717) is 0 Å². The Labute approximate surface area is 125 Å². The Bertz CT molecular complexity index is 412. The number of amides is 3. The van der Waals surface area contributed by atoms with E-state index >= 15 is 0 Å². The highest BCUT2D eigenvalue weighted by Gasteiger charge is 2.49. The van der Waals surface area contributed by atoms with E-state index in [1.54, 1.807) is 0 Å². The summed E-state index contributed by atoms with van der Waals surface area (Å²) in [5, 5.41) is 2.82. The minimum atomic E-state index is -0.108. The minimum Gasteiger partial charge on any atom is -0.349 e. The van der Waals surface area contributed by atoms with Gasteiger partial charge in [0.15, 0.2) is 13.2 Å². The molecule has 1 heterocycles. The largest absolute Gasteiger partial charge is 0.349 e. The number of hydrogen-bond donors (Lipinski definition) is 2. The zero-order valence-electron chi connectivity index (χ0n) is 13.1. The molecule has 0 bridgehead atoms. The predicted molar refractivity (Wildman–Crippen MR) is 77.2 cm³/mol. The third-order valence-electron chi connectivity index (χ3n) is 4.27. The van der Waals surface area contributed by atoms with Crippen LogP contribution in [0.15, 0.2) is 0 Å². The lowest BCUT2D eigenvalue weighted by Crippen LogP contribution is -3.12. The first kappa shape index (κ1) is 15.9. The van der Waals surface area contributed by atoms with E-state index in [1.807, 2.05) is 20.9 Å². The minimum absolute atomic E-state index is 0.0340. The monoisotopic (exact) mass is 296 g/mol. The van der Waals surface area contributed by atoms with Crippen LogP contribution in [0.3, 0.4) is 0 Å². The number of carbonyl (C=O) groups excluding carboxylic acids is 3. The van der Waals surface area contributed by atoms with E-state index in [4.69, 9.17) is 0 Å². The zero-order valence-corrected chi connectivity index (χ0v) is 13.1. The van der Waals surface area contributed by atoms with Crippen molar-refractivity contribution >= 4 is 17.7 Å². The van der Waals surface area contributed by atoms with Gasteiger partial charge in [0.1, 0.15) is 0 Å². The summed E-state index contributed by atoms with van der Waals surface area (Å²) in [4.78, 5) is 38.6. The van der Waals surface area contributed by atoms with Crippen molar-refractivity contribution in [1.82, 2.24) is 10.2 Å². The van der Waals surface area contributed by atoms with E-state index in [9.17, 15) is 14.4 Å². The smallest absolute Gasteiger partial charge is 0.275 e. The molecule has 0 aromatic heterocycles. The van der Waals surface area contributed by atoms with Gasteiger partial charge in [-0.1, -0.05) is 12.8 Å². The van der Waals surface area contributed by atoms with Crippen LogP contribution in [0, 0.1) is 11.8 Å². The third-order valence-corrected chi connectivity index (χ3v) is 4.27. The second-order valence-electron chi connectivity index (χ2n) is 6.62. The number of fused-ring (bicyclic) bond motifs is 1. The molecular weight excluding hydrogens is 270 g/mol. The van der Waals surface area contributed by atoms with Crippen LogP contribution >= 0.6 is 0 Å². The lowest BCUT2D eigenvalue weighted by atomic mass is 9.81. The molecule has 1 unspecified atom stereocenters. The molecule has 2 aliphatic rings. The summed E-state index contributed by atoms with van der Waals surface area (Å²) < 4.78 is 0. The first-order valence-electron chi connectivity index (χ1n) is 7.86. The molecule has 118 valence electrons. The number of nitrogens with zero attached hydrogens (tertiary/aromatic N) is 1. The summed E-state index contributed by atoms with van der Waals surface area (Å²) in [5.41, 5.74) is 0. The van der Waals surface area contributed by atoms with Gasteiger partial charge in [0.05, 0.1) is 18.9 Å². The van der Waals surface area contributed by atoms with E-state index in [1.165, 1.54) is 4.90 Å². The molecular formula is C15H26N3O3+. The van der Waals surface area contributed by atoms with Gasteiger partial charge in [-0.2, -0.15) is 0 Å². The Hall–Kier alpha value is -1.43. The number of quaternary nitrogens is 1. The fourth-order valence-corrected chi connectivity index (χ4v) is 3.36. The lowest BCUT2D eigenvalue weighted by molar-refractivity contribution is -0.879. The summed E-state index contributed by atoms with van der Waals surface area (Å²) in [6, 6.07) is 0.100. The molecule has 1 aliphatic carbocycles. The van der Waals surface area contributed by atoms with Gasteiger partial charge in [-0.25, -0.2) is 4.90 Å². The van der Waals surface area contributed by atoms with Crippen LogP contribution in [0.25, 0.3) is 0 Å². The molecule has 0 aromatic carbocycles. The maximum Gasteiger partial charge on any atom is 0.275 e. The topological polar surface area (TPSA) is 70.9 Å². The van der Waals surface area contributed by atoms with Crippen LogP contribution in [0.4, 0.5) is 0 Å². The van der Waals surface area contributed by atoms with E-state index in [0.717, 1.165) is 30.6 Å². The fraction of sp³-hybridized carbons (Fsp3) is 0.800. The van der Waals surface area contributed by atoms with Gasteiger partial charge >= 0.3 is 0 Å². The molecule has 1 saturated heterocycles. The van der Waals surface area contributed by atoms with Gasteiger partial charge in [-0.05, 0) is 26.7 Å². The van der Waals surface area contributed by atoms with Crippen molar-refractivity contribution in [2.75, 3.05) is 20.3 Å². The molecule has 3 atom stereocenters. The number of likely N-dealkylation sites (tertiary alicyclic amines) is 1. The Balaban J connectivity index is 1.91. The van der Waals surface area contributed by atoms with Gasteiger partial charge in [-0.3, -0.25) is 14.4 Å². The quantitative estimate of drug-likeness (QED) is 0.650. The highest BCUT2D eigenvalue weighted by molar-refractivity contribution is 6.05. The van der Waals surface area contributed by atoms with Crippen LogP contribution in [0.1, 0.15) is 39.5 Å². The van der Waals surface area contributed by atoms with Crippen molar-refractivity contribution in [3.05, 3.63) is 0 Å². The van der Waals surface area contributed by atoms with Crippen molar-refractivity contribution in [3.63, 3.8) is 0 Å². The summed E-state index contributed by atoms with van der Waals surface area (Å²) >= 11 is 0. The van der Waals surface area contributed by atoms with Gasteiger partial charge in [0.2, 0.25) is 11.8 Å². The average molecular weight is 296 g/mol. The average Bonchev–Trinajstić information content (AvgIpc) is 2.63. The summed E-state index contributed by atoms with van der Waals surface area (Å²) in [6.07, 6.45) is 3.73. The first-order valence-corrected chi connectivity index (χ1v) is 7.86. The molecule has 0 radical (unpaired) electrons. The van der Waals surface area contributed by atoms with E-state index < -0.39 is 0 Å². The van der Waals surface area contributed by atoms with Gasteiger partial charge in [0, 0.05) is 6.04 Å². The zero-order chi connectivity index (χ0) is 15.6. The number of carbonyl (C=O) groups is 3. The van der Waals surface area contributed by atoms with Gasteiger partial charge in [0.25, 0.3) is 5.91 Å². The molecule has 1 aliphatic heterocycles. The van der Waals surface area contributed by atoms with Crippen molar-refractivity contribution < 1.29 is 19.3 Å². The molecule has 2 rings (SSSR count). The molecule has 3 amide bonds. The molecule has 21 heavy (non-hydrogen) atoms. The third kappa shape index (κ3) is 3.61. The highest BCUT2D eigenvalue weighted by Crippen LogP contribution is 2.37. The summed E-state index contributed by atoms with van der Waals surface area (Å²) in [6.45, 7) is 4.37. The number of nitrogens with one attached hydrogen (secondary N) is 2. The van der Waals surface area contributed by atoms with Gasteiger partial charge < -0.3 is 10.2 Å². The van der Waals surface area contributed by atoms with Crippen LogP contribution in [0.5, 0.6) is 0 Å². The van der Waals surface area contributed by atoms with Crippen molar-refractivity contribution in [1.29, 1.82) is 0 Å². The summed E-state index contributed by atoms with van der Waals surface area (Å²) in [5.74, 6) is -0.340. The molecule has 1 saturated carbocycles. The maximum absolute atomic E-state index is 12.3. The Kier molecular flexibility index (Phi) is 4.98. The van der Waals surface area contributed by atoms with E-state index in [-0.39, 0.29) is 48.8 Å². The Morgan fingerprint density at radius 2 is 1.76 bits per heavy atom. The molecule has 2 fully saturated rings. The number of imide groups is 1. The molecule has 6 heteroatoms. The van der Waals surface area contributed by atoms with Crippen LogP contribution in [-0.2, 0) is 14.4 Å². The molecule has 2 N–H and O–H groups in total. The number of rotatable bonds is 5. The Morgan fingerprint density at radius 1 is 1.24 bits per heavy atom. The van der Waals surface area contributed by atoms with Crippen molar-refractivity contribution in [2.24, 2.45) is 11.8 Å². The predicted octanol–water partition coefficient (Wildman–Crippen LogP) is -0.842. The van der Waals surface area contributed by atoms with Crippen LogP contribution < -0.4 is 10.2 Å². The molecule has 6 nitrogen and oxygen atoms in total. The maximum atomic E-state index is 12.3. The number of likely N-dealkylation sites (N-methyl/N-ethyl adjacent to an activating group) is 1. The number of hydrogen-bond acceptors (Lipinski definition) is 3.